The van der Waals surface area contributed by atoms with Gasteiger partial charge in [-0.25, -0.2) is 4.79 Å². The maximum absolute atomic E-state index is 11.7. The van der Waals surface area contributed by atoms with E-state index in [4.69, 9.17) is 4.74 Å². The number of hydrogen-bond acceptors (Lipinski definition) is 4. The van der Waals surface area contributed by atoms with Crippen molar-refractivity contribution in [2.75, 3.05) is 13.2 Å². The Kier molecular flexibility index (Phi) is 2.81. The molecule has 3 aliphatic rings. The number of hydrogen-bond donors (Lipinski definition) is 2. The molecule has 0 aromatic carbocycles. The zero-order chi connectivity index (χ0) is 13.8. The molecule has 4 heteroatoms. The lowest BCUT2D eigenvalue weighted by Gasteiger charge is -2.55. The van der Waals surface area contributed by atoms with Gasteiger partial charge in [0.05, 0.1) is 6.10 Å². The predicted octanol–water partition coefficient (Wildman–Crippen LogP) is 1.41. The lowest BCUT2D eigenvalue weighted by Crippen LogP contribution is -2.52. The maximum atomic E-state index is 11.7. The smallest absolute Gasteiger partial charge is 0.334 e. The number of cyclic esters (lactones) is 1. The number of carbonyl (C=O) groups excluding carboxylic acids is 1. The molecule has 2 N–H and O–H groups in total. The molecule has 1 heterocycles. The molecule has 0 spiro atoms. The third kappa shape index (κ3) is 1.69. The van der Waals surface area contributed by atoms with Gasteiger partial charge in [0.25, 0.3) is 0 Å². The zero-order valence-corrected chi connectivity index (χ0v) is 11.6. The summed E-state index contributed by atoms with van der Waals surface area (Å²) in [4.78, 5) is 11.7. The van der Waals surface area contributed by atoms with Crippen molar-refractivity contribution in [3.8, 4) is 0 Å². The van der Waals surface area contributed by atoms with Crippen LogP contribution in [0.3, 0.4) is 0 Å². The van der Waals surface area contributed by atoms with Gasteiger partial charge in [0.15, 0.2) is 0 Å². The standard InChI is InChI=1S/C15H22O4/c1-14(8-16)5-9(17)6-15(2)11-7-19-13(18)10(11)3-4-12(14)15/h9,12,16-17H,3-8H2,1-2H3. The molecule has 4 nitrogen and oxygen atoms in total. The van der Waals surface area contributed by atoms with E-state index in [-0.39, 0.29) is 23.4 Å². The SMILES string of the molecule is CC1(CO)CC(O)CC2(C)C3=C(CCC12)C(=O)OC3. The summed E-state index contributed by atoms with van der Waals surface area (Å²) in [5.74, 6) is 0.127. The maximum Gasteiger partial charge on any atom is 0.334 e. The first-order chi connectivity index (χ1) is 8.90. The van der Waals surface area contributed by atoms with Gasteiger partial charge >= 0.3 is 5.97 Å². The van der Waals surface area contributed by atoms with E-state index in [1.165, 1.54) is 0 Å². The van der Waals surface area contributed by atoms with Crippen molar-refractivity contribution in [3.63, 3.8) is 0 Å². The fraction of sp³-hybridized carbons (Fsp3) is 0.800. The summed E-state index contributed by atoms with van der Waals surface area (Å²) in [6.45, 7) is 4.64. The van der Waals surface area contributed by atoms with Gasteiger partial charge < -0.3 is 14.9 Å². The van der Waals surface area contributed by atoms with Crippen LogP contribution in [0.2, 0.25) is 0 Å². The van der Waals surface area contributed by atoms with Crippen LogP contribution in [-0.4, -0.2) is 35.5 Å². The Morgan fingerprint density at radius 3 is 2.79 bits per heavy atom. The summed E-state index contributed by atoms with van der Waals surface area (Å²) in [6.07, 6.45) is 2.54. The second-order valence-electron chi connectivity index (χ2n) is 6.92. The van der Waals surface area contributed by atoms with Crippen molar-refractivity contribution in [2.24, 2.45) is 16.7 Å². The lowest BCUT2D eigenvalue weighted by atomic mass is 9.49. The number of aliphatic hydroxyl groups is 2. The molecule has 1 aliphatic heterocycles. The van der Waals surface area contributed by atoms with Crippen molar-refractivity contribution >= 4 is 5.97 Å². The van der Waals surface area contributed by atoms with E-state index in [1.54, 1.807) is 0 Å². The van der Waals surface area contributed by atoms with Gasteiger partial charge in [-0.3, -0.25) is 0 Å². The fourth-order valence-electron chi connectivity index (χ4n) is 4.82. The van der Waals surface area contributed by atoms with Crippen LogP contribution in [-0.2, 0) is 9.53 Å². The minimum Gasteiger partial charge on any atom is -0.458 e. The minimum atomic E-state index is -0.416. The first-order valence-corrected chi connectivity index (χ1v) is 7.09. The number of esters is 1. The van der Waals surface area contributed by atoms with Crippen LogP contribution in [0.1, 0.15) is 39.5 Å². The summed E-state index contributed by atoms with van der Waals surface area (Å²) < 4.78 is 5.19. The monoisotopic (exact) mass is 266 g/mol. The molecular weight excluding hydrogens is 244 g/mol. The second kappa shape index (κ2) is 4.06. The Hall–Kier alpha value is -0.870. The largest absolute Gasteiger partial charge is 0.458 e. The molecular formula is C15H22O4. The highest BCUT2D eigenvalue weighted by Crippen LogP contribution is 2.60. The van der Waals surface area contributed by atoms with Gasteiger partial charge in [-0.15, -0.1) is 0 Å². The Labute approximate surface area is 113 Å². The molecule has 106 valence electrons. The van der Waals surface area contributed by atoms with Crippen LogP contribution >= 0.6 is 0 Å². The zero-order valence-electron chi connectivity index (χ0n) is 11.6. The Balaban J connectivity index is 2.07. The van der Waals surface area contributed by atoms with E-state index in [2.05, 4.69) is 13.8 Å². The number of ether oxygens (including phenoxy) is 1. The molecule has 4 atom stereocenters. The summed E-state index contributed by atoms with van der Waals surface area (Å²) >= 11 is 0. The lowest BCUT2D eigenvalue weighted by molar-refractivity contribution is -0.136. The molecule has 0 radical (unpaired) electrons. The highest BCUT2D eigenvalue weighted by molar-refractivity contribution is 5.92. The fourth-order valence-corrected chi connectivity index (χ4v) is 4.82. The van der Waals surface area contributed by atoms with Crippen LogP contribution in [0.4, 0.5) is 0 Å². The van der Waals surface area contributed by atoms with E-state index in [0.717, 1.165) is 24.0 Å². The molecule has 3 rings (SSSR count). The molecule has 2 aliphatic carbocycles. The highest BCUT2D eigenvalue weighted by atomic mass is 16.5. The summed E-state index contributed by atoms with van der Waals surface area (Å²) in [5.41, 5.74) is 1.42. The van der Waals surface area contributed by atoms with Crippen molar-refractivity contribution in [3.05, 3.63) is 11.1 Å². The van der Waals surface area contributed by atoms with Crippen LogP contribution in [0.5, 0.6) is 0 Å². The third-order valence-electron chi connectivity index (χ3n) is 5.66. The Bertz CT molecular complexity index is 455. The first-order valence-electron chi connectivity index (χ1n) is 7.09. The van der Waals surface area contributed by atoms with Crippen molar-refractivity contribution in [1.82, 2.24) is 0 Å². The molecule has 19 heavy (non-hydrogen) atoms. The highest BCUT2D eigenvalue weighted by Gasteiger charge is 2.56. The average molecular weight is 266 g/mol. The first kappa shape index (κ1) is 13.1. The molecule has 1 saturated carbocycles. The van der Waals surface area contributed by atoms with Crippen LogP contribution in [0.25, 0.3) is 0 Å². The van der Waals surface area contributed by atoms with Gasteiger partial charge in [0.1, 0.15) is 6.61 Å². The molecule has 0 aromatic rings. The molecule has 0 aromatic heterocycles. The van der Waals surface area contributed by atoms with Crippen LogP contribution < -0.4 is 0 Å². The Morgan fingerprint density at radius 2 is 2.11 bits per heavy atom. The molecule has 1 fully saturated rings. The van der Waals surface area contributed by atoms with Crippen LogP contribution in [0, 0.1) is 16.7 Å². The van der Waals surface area contributed by atoms with E-state index in [1.807, 2.05) is 0 Å². The van der Waals surface area contributed by atoms with Gasteiger partial charge in [-0.1, -0.05) is 13.8 Å². The quantitative estimate of drug-likeness (QED) is 0.704. The number of rotatable bonds is 1. The van der Waals surface area contributed by atoms with Crippen molar-refractivity contribution in [2.45, 2.75) is 45.6 Å². The summed E-state index contributed by atoms with van der Waals surface area (Å²) in [6, 6.07) is 0. The average Bonchev–Trinajstić information content (AvgIpc) is 2.71. The molecule has 0 saturated heterocycles. The van der Waals surface area contributed by atoms with E-state index in [9.17, 15) is 15.0 Å². The molecule has 0 amide bonds. The van der Waals surface area contributed by atoms with Crippen LogP contribution in [0.15, 0.2) is 11.1 Å². The number of carbonyl (C=O) groups is 1. The number of aliphatic hydroxyl groups excluding tert-OH is 2. The summed E-state index contributed by atoms with van der Waals surface area (Å²) in [5, 5.41) is 20.0. The normalized spacial score (nSPS) is 45.8. The minimum absolute atomic E-state index is 0.0851. The van der Waals surface area contributed by atoms with Gasteiger partial charge in [-0.05, 0) is 48.0 Å². The van der Waals surface area contributed by atoms with Crippen molar-refractivity contribution < 1.29 is 19.7 Å². The van der Waals surface area contributed by atoms with Gasteiger partial charge in [0, 0.05) is 12.2 Å². The van der Waals surface area contributed by atoms with Crippen molar-refractivity contribution in [1.29, 1.82) is 0 Å². The van der Waals surface area contributed by atoms with Gasteiger partial charge in [0.2, 0.25) is 0 Å². The molecule has 0 bridgehead atoms. The van der Waals surface area contributed by atoms with Gasteiger partial charge in [-0.2, -0.15) is 0 Å². The topological polar surface area (TPSA) is 66.8 Å². The summed E-state index contributed by atoms with van der Waals surface area (Å²) in [7, 11) is 0. The Morgan fingerprint density at radius 1 is 1.37 bits per heavy atom. The molecule has 4 unspecified atom stereocenters. The third-order valence-corrected chi connectivity index (χ3v) is 5.66. The second-order valence-corrected chi connectivity index (χ2v) is 6.92. The predicted molar refractivity (Wildman–Crippen MR) is 69.2 cm³/mol. The van der Waals surface area contributed by atoms with E-state index < -0.39 is 6.10 Å². The number of fused-ring (bicyclic) bond motifs is 2. The van der Waals surface area contributed by atoms with E-state index in [0.29, 0.717) is 25.4 Å². The van der Waals surface area contributed by atoms with E-state index >= 15 is 0 Å².